The number of rotatable bonds is 7. The van der Waals surface area contributed by atoms with Crippen molar-refractivity contribution < 1.29 is 4.74 Å². The van der Waals surface area contributed by atoms with Gasteiger partial charge in [0.2, 0.25) is 0 Å². The van der Waals surface area contributed by atoms with Gasteiger partial charge in [-0.05, 0) is 44.8 Å². The first-order valence-corrected chi connectivity index (χ1v) is 9.69. The molecule has 2 aromatic heterocycles. The molecule has 1 unspecified atom stereocenters. The second-order valence-electron chi connectivity index (χ2n) is 7.42. The number of nitrogens with one attached hydrogen (secondary N) is 1. The van der Waals surface area contributed by atoms with Crippen molar-refractivity contribution in [3.8, 4) is 11.5 Å². The zero-order valence-electron chi connectivity index (χ0n) is 16.4. The maximum absolute atomic E-state index is 5.20. The Bertz CT molecular complexity index is 702. The minimum atomic E-state index is 0. The van der Waals surface area contributed by atoms with E-state index < -0.39 is 0 Å². The lowest BCUT2D eigenvalue weighted by Gasteiger charge is -2.22. The van der Waals surface area contributed by atoms with Gasteiger partial charge in [0.15, 0.2) is 5.82 Å². The van der Waals surface area contributed by atoms with Crippen LogP contribution in [0.5, 0.6) is 0 Å². The Morgan fingerprint density at radius 1 is 1.21 bits per heavy atom. The Morgan fingerprint density at radius 3 is 2.82 bits per heavy atom. The van der Waals surface area contributed by atoms with E-state index in [1.807, 2.05) is 10.9 Å². The highest BCUT2D eigenvalue weighted by molar-refractivity contribution is 5.85. The summed E-state index contributed by atoms with van der Waals surface area (Å²) in [5.41, 5.74) is 0.878. The summed E-state index contributed by atoms with van der Waals surface area (Å²) in [4.78, 5) is 7.04. The van der Waals surface area contributed by atoms with Gasteiger partial charge in [0.1, 0.15) is 5.69 Å². The van der Waals surface area contributed by atoms with Crippen LogP contribution in [0.15, 0.2) is 18.6 Å². The number of hydrogen-bond acceptors (Lipinski definition) is 6. The lowest BCUT2D eigenvalue weighted by atomic mass is 10.1. The fourth-order valence-corrected chi connectivity index (χ4v) is 4.08. The van der Waals surface area contributed by atoms with Crippen molar-refractivity contribution in [1.82, 2.24) is 34.8 Å². The summed E-state index contributed by atoms with van der Waals surface area (Å²) in [7, 11) is 1.77. The molecule has 0 aliphatic carbocycles. The third-order valence-electron chi connectivity index (χ3n) is 5.57. The molecule has 1 atom stereocenters. The first-order valence-electron chi connectivity index (χ1n) is 9.69. The molecule has 0 radical (unpaired) electrons. The van der Waals surface area contributed by atoms with E-state index in [1.54, 1.807) is 7.11 Å². The number of likely N-dealkylation sites (tertiary alicyclic amines) is 1. The number of halogens is 2. The highest BCUT2D eigenvalue weighted by Crippen LogP contribution is 2.23. The second kappa shape index (κ2) is 11.1. The predicted molar refractivity (Wildman–Crippen MR) is 113 cm³/mol. The standard InChI is InChI=1S/C18H29N7O.2ClH/c1-26-11-10-23-8-4-15(12-23)13-24-9-7-20-18(24)17-14-25(22-21-17)16-2-5-19-6-3-16;;/h7,9,14-16,19H,2-6,8,10-13H2,1H3;2*1H. The third kappa shape index (κ3) is 5.45. The molecule has 2 aliphatic heterocycles. The van der Waals surface area contributed by atoms with Crippen LogP contribution in [-0.2, 0) is 11.3 Å². The summed E-state index contributed by atoms with van der Waals surface area (Å²) in [6.45, 7) is 7.20. The van der Waals surface area contributed by atoms with E-state index in [1.165, 1.54) is 6.42 Å². The summed E-state index contributed by atoms with van der Waals surface area (Å²) in [6.07, 6.45) is 9.44. The second-order valence-corrected chi connectivity index (χ2v) is 7.42. The molecule has 0 bridgehead atoms. The Labute approximate surface area is 178 Å². The first kappa shape index (κ1) is 23.1. The van der Waals surface area contributed by atoms with E-state index in [9.17, 15) is 0 Å². The van der Waals surface area contributed by atoms with Crippen LogP contribution in [0.4, 0.5) is 0 Å². The Morgan fingerprint density at radius 2 is 2.04 bits per heavy atom. The molecule has 2 aliphatic rings. The van der Waals surface area contributed by atoms with Gasteiger partial charge in [-0.15, -0.1) is 29.9 Å². The average Bonchev–Trinajstić information content (AvgIpc) is 3.42. The van der Waals surface area contributed by atoms with Crippen LogP contribution in [0.2, 0.25) is 0 Å². The summed E-state index contributed by atoms with van der Waals surface area (Å²) in [5, 5.41) is 12.2. The summed E-state index contributed by atoms with van der Waals surface area (Å²) in [5.74, 6) is 1.58. The minimum Gasteiger partial charge on any atom is -0.383 e. The minimum absolute atomic E-state index is 0. The molecule has 28 heavy (non-hydrogen) atoms. The molecule has 0 saturated carbocycles. The monoisotopic (exact) mass is 431 g/mol. The van der Waals surface area contributed by atoms with Crippen LogP contribution in [0, 0.1) is 5.92 Å². The summed E-state index contributed by atoms with van der Waals surface area (Å²) < 4.78 is 9.46. The largest absolute Gasteiger partial charge is 0.383 e. The van der Waals surface area contributed by atoms with Crippen molar-refractivity contribution in [1.29, 1.82) is 0 Å². The zero-order chi connectivity index (χ0) is 17.8. The summed E-state index contributed by atoms with van der Waals surface area (Å²) in [6, 6.07) is 0.449. The van der Waals surface area contributed by atoms with Crippen LogP contribution in [0.25, 0.3) is 11.5 Å². The number of aromatic nitrogens is 5. The maximum Gasteiger partial charge on any atom is 0.162 e. The lowest BCUT2D eigenvalue weighted by Crippen LogP contribution is -2.29. The molecule has 4 rings (SSSR count). The molecule has 2 fully saturated rings. The van der Waals surface area contributed by atoms with Crippen molar-refractivity contribution in [2.24, 2.45) is 5.92 Å². The number of hydrogen-bond donors (Lipinski definition) is 1. The fourth-order valence-electron chi connectivity index (χ4n) is 4.08. The molecule has 158 valence electrons. The Balaban J connectivity index is 0.00000140. The van der Waals surface area contributed by atoms with Crippen LogP contribution in [0.3, 0.4) is 0 Å². The van der Waals surface area contributed by atoms with Crippen molar-refractivity contribution >= 4 is 24.8 Å². The van der Waals surface area contributed by atoms with Gasteiger partial charge in [0.25, 0.3) is 0 Å². The molecule has 4 heterocycles. The van der Waals surface area contributed by atoms with E-state index >= 15 is 0 Å². The molecule has 2 saturated heterocycles. The molecular formula is C18H31Cl2N7O. The van der Waals surface area contributed by atoms with Gasteiger partial charge in [0, 0.05) is 39.1 Å². The van der Waals surface area contributed by atoms with E-state index in [2.05, 4.69) is 42.5 Å². The van der Waals surface area contributed by atoms with Gasteiger partial charge in [-0.1, -0.05) is 5.21 Å². The van der Waals surface area contributed by atoms with Crippen molar-refractivity contribution in [3.63, 3.8) is 0 Å². The lowest BCUT2D eigenvalue weighted by molar-refractivity contribution is 0.158. The van der Waals surface area contributed by atoms with E-state index in [4.69, 9.17) is 4.74 Å². The maximum atomic E-state index is 5.20. The van der Waals surface area contributed by atoms with Crippen molar-refractivity contribution in [2.45, 2.75) is 31.8 Å². The molecule has 0 spiro atoms. The molecule has 0 amide bonds. The van der Waals surface area contributed by atoms with Gasteiger partial charge in [-0.3, -0.25) is 0 Å². The van der Waals surface area contributed by atoms with Gasteiger partial charge in [0.05, 0.1) is 18.8 Å². The third-order valence-corrected chi connectivity index (χ3v) is 5.57. The first-order chi connectivity index (χ1) is 12.8. The number of imidazole rings is 1. The Kier molecular flexibility index (Phi) is 9.17. The zero-order valence-corrected chi connectivity index (χ0v) is 18.0. The normalized spacial score (nSPS) is 20.7. The Hall–Kier alpha value is -1.19. The van der Waals surface area contributed by atoms with E-state index in [0.717, 1.165) is 70.2 Å². The molecule has 10 heteroatoms. The van der Waals surface area contributed by atoms with Crippen molar-refractivity contribution in [3.05, 3.63) is 18.6 Å². The van der Waals surface area contributed by atoms with E-state index in [-0.39, 0.29) is 24.8 Å². The fraction of sp³-hybridized carbons (Fsp3) is 0.722. The SMILES string of the molecule is COCCN1CCC(Cn2ccnc2-c2cn(C3CCNCC3)nn2)C1.Cl.Cl. The molecule has 2 aromatic rings. The van der Waals surface area contributed by atoms with Crippen molar-refractivity contribution in [2.75, 3.05) is 46.4 Å². The molecule has 1 N–H and O–H groups in total. The van der Waals surface area contributed by atoms with Crippen LogP contribution >= 0.6 is 24.8 Å². The highest BCUT2D eigenvalue weighted by atomic mass is 35.5. The number of piperidine rings is 1. The quantitative estimate of drug-likeness (QED) is 0.721. The molecular weight excluding hydrogens is 401 g/mol. The van der Waals surface area contributed by atoms with Gasteiger partial charge < -0.3 is 19.5 Å². The van der Waals surface area contributed by atoms with Gasteiger partial charge in [-0.2, -0.15) is 0 Å². The molecule has 0 aromatic carbocycles. The number of ether oxygens (including phenoxy) is 1. The summed E-state index contributed by atoms with van der Waals surface area (Å²) >= 11 is 0. The van der Waals surface area contributed by atoms with Crippen LogP contribution < -0.4 is 5.32 Å². The number of methoxy groups -OCH3 is 1. The molecule has 8 nitrogen and oxygen atoms in total. The van der Waals surface area contributed by atoms with E-state index in [0.29, 0.717) is 12.0 Å². The highest BCUT2D eigenvalue weighted by Gasteiger charge is 2.24. The topological polar surface area (TPSA) is 73.0 Å². The van der Waals surface area contributed by atoms with Crippen LogP contribution in [-0.4, -0.2) is 75.9 Å². The van der Waals surface area contributed by atoms with Crippen LogP contribution in [0.1, 0.15) is 25.3 Å². The predicted octanol–water partition coefficient (Wildman–Crippen LogP) is 1.88. The van der Waals surface area contributed by atoms with Gasteiger partial charge >= 0.3 is 0 Å². The smallest absolute Gasteiger partial charge is 0.162 e. The number of nitrogens with zero attached hydrogens (tertiary/aromatic N) is 6. The van der Waals surface area contributed by atoms with Gasteiger partial charge in [-0.25, -0.2) is 9.67 Å². The average molecular weight is 432 g/mol.